The van der Waals surface area contributed by atoms with Crippen LogP contribution < -0.4 is 0 Å². The molecule has 1 N–H and O–H groups in total. The molecule has 0 aromatic heterocycles. The van der Waals surface area contributed by atoms with Crippen LogP contribution in [0.5, 0.6) is 5.75 Å². The number of unbranched alkanes of at least 4 members (excludes halogenated alkanes) is 5. The maximum atomic E-state index is 10.3. The van der Waals surface area contributed by atoms with Crippen LogP contribution in [-0.2, 0) is 6.42 Å². The number of rotatable bonds is 7. The standard InChI is InChI=1S/C18H24O.C2H4/c1-2-3-4-5-6-7-11-16-14-13-15-10-8-9-12-17(15)18(16)19;1-2/h8-10,12-14,19H,2-7,11H2,1H3;1-2H2. The molecule has 0 atom stereocenters. The number of hydrogen-bond donors (Lipinski definition) is 1. The van der Waals surface area contributed by atoms with E-state index in [0.717, 1.165) is 22.8 Å². The summed E-state index contributed by atoms with van der Waals surface area (Å²) < 4.78 is 0. The van der Waals surface area contributed by atoms with Crippen LogP contribution in [-0.4, -0.2) is 5.11 Å². The molecule has 0 saturated carbocycles. The molecule has 2 aromatic carbocycles. The predicted octanol–water partition coefficient (Wildman–Crippen LogP) is 6.25. The fraction of sp³-hybridized carbons (Fsp3) is 0.400. The molecule has 0 heterocycles. The van der Waals surface area contributed by atoms with Gasteiger partial charge in [0.15, 0.2) is 0 Å². The third-order valence-corrected chi connectivity index (χ3v) is 3.78. The van der Waals surface area contributed by atoms with Crippen LogP contribution in [0.15, 0.2) is 49.6 Å². The normalized spacial score (nSPS) is 10.1. The molecule has 0 unspecified atom stereocenters. The second-order valence-electron chi connectivity index (χ2n) is 5.31. The van der Waals surface area contributed by atoms with E-state index in [-0.39, 0.29) is 0 Å². The Balaban J connectivity index is 0.00000106. The zero-order valence-electron chi connectivity index (χ0n) is 13.3. The van der Waals surface area contributed by atoms with Gasteiger partial charge < -0.3 is 5.11 Å². The van der Waals surface area contributed by atoms with Gasteiger partial charge in [-0.1, -0.05) is 75.4 Å². The van der Waals surface area contributed by atoms with E-state index in [1.165, 1.54) is 38.5 Å². The highest BCUT2D eigenvalue weighted by Crippen LogP contribution is 2.29. The van der Waals surface area contributed by atoms with Crippen LogP contribution in [0.4, 0.5) is 0 Å². The molecule has 0 aliphatic heterocycles. The van der Waals surface area contributed by atoms with E-state index in [1.807, 2.05) is 24.3 Å². The summed E-state index contributed by atoms with van der Waals surface area (Å²) in [6.07, 6.45) is 8.75. The lowest BCUT2D eigenvalue weighted by atomic mass is 10.0. The summed E-state index contributed by atoms with van der Waals surface area (Å²) in [6, 6.07) is 12.2. The lowest BCUT2D eigenvalue weighted by Gasteiger charge is -2.08. The first kappa shape index (κ1) is 17.3. The number of hydrogen-bond acceptors (Lipinski definition) is 1. The Kier molecular flexibility index (Phi) is 8.27. The van der Waals surface area contributed by atoms with Crippen molar-refractivity contribution < 1.29 is 5.11 Å². The van der Waals surface area contributed by atoms with Crippen molar-refractivity contribution in [1.29, 1.82) is 0 Å². The van der Waals surface area contributed by atoms with Gasteiger partial charge in [-0.2, -0.15) is 0 Å². The zero-order valence-corrected chi connectivity index (χ0v) is 13.3. The number of aryl methyl sites for hydroxylation is 1. The zero-order chi connectivity index (χ0) is 15.5. The maximum Gasteiger partial charge on any atom is 0.126 e. The van der Waals surface area contributed by atoms with Gasteiger partial charge in [0.25, 0.3) is 0 Å². The van der Waals surface area contributed by atoms with Gasteiger partial charge in [0.05, 0.1) is 0 Å². The van der Waals surface area contributed by atoms with Crippen molar-refractivity contribution >= 4 is 10.8 Å². The minimum absolute atomic E-state index is 0.478. The van der Waals surface area contributed by atoms with Crippen LogP contribution in [0.1, 0.15) is 51.0 Å². The lowest BCUT2D eigenvalue weighted by molar-refractivity contribution is 0.472. The molecule has 21 heavy (non-hydrogen) atoms. The van der Waals surface area contributed by atoms with Crippen LogP contribution in [0.3, 0.4) is 0 Å². The summed E-state index contributed by atoms with van der Waals surface area (Å²) in [5.41, 5.74) is 1.09. The lowest BCUT2D eigenvalue weighted by Crippen LogP contribution is -1.88. The van der Waals surface area contributed by atoms with E-state index in [9.17, 15) is 5.11 Å². The molecule has 0 saturated heterocycles. The molecule has 1 nitrogen and oxygen atoms in total. The van der Waals surface area contributed by atoms with Gasteiger partial charge in [0.2, 0.25) is 0 Å². The summed E-state index contributed by atoms with van der Waals surface area (Å²) in [4.78, 5) is 0. The third kappa shape index (κ3) is 5.26. The first-order chi connectivity index (χ1) is 10.3. The van der Waals surface area contributed by atoms with Crippen molar-refractivity contribution in [3.63, 3.8) is 0 Å². The van der Waals surface area contributed by atoms with Crippen molar-refractivity contribution in [1.82, 2.24) is 0 Å². The number of fused-ring (bicyclic) bond motifs is 1. The van der Waals surface area contributed by atoms with Crippen molar-refractivity contribution in [3.8, 4) is 5.75 Å². The second-order valence-corrected chi connectivity index (χ2v) is 5.31. The van der Waals surface area contributed by atoms with E-state index in [0.29, 0.717) is 5.75 Å². The molecule has 0 spiro atoms. The third-order valence-electron chi connectivity index (χ3n) is 3.78. The fourth-order valence-electron chi connectivity index (χ4n) is 2.60. The average Bonchev–Trinajstić information content (AvgIpc) is 2.55. The number of phenolic OH excluding ortho intramolecular Hbond substituents is 1. The Morgan fingerprint density at radius 1 is 0.857 bits per heavy atom. The van der Waals surface area contributed by atoms with Gasteiger partial charge in [-0.15, -0.1) is 13.2 Å². The van der Waals surface area contributed by atoms with Gasteiger partial charge in [-0.3, -0.25) is 0 Å². The highest BCUT2D eigenvalue weighted by Gasteiger charge is 2.05. The van der Waals surface area contributed by atoms with Crippen molar-refractivity contribution in [2.24, 2.45) is 0 Å². The Morgan fingerprint density at radius 3 is 2.29 bits per heavy atom. The molecule has 0 aliphatic rings. The predicted molar refractivity (Wildman–Crippen MR) is 93.9 cm³/mol. The second kappa shape index (κ2) is 10.0. The Labute approximate surface area is 129 Å². The van der Waals surface area contributed by atoms with Crippen LogP contribution in [0, 0.1) is 0 Å². The Morgan fingerprint density at radius 2 is 1.52 bits per heavy atom. The van der Waals surface area contributed by atoms with E-state index in [1.54, 1.807) is 0 Å². The fourth-order valence-corrected chi connectivity index (χ4v) is 2.60. The van der Waals surface area contributed by atoms with E-state index in [2.05, 4.69) is 32.2 Å². The first-order valence-corrected chi connectivity index (χ1v) is 8.02. The summed E-state index contributed by atoms with van der Waals surface area (Å²) in [5, 5.41) is 12.4. The van der Waals surface area contributed by atoms with Gasteiger partial charge >= 0.3 is 0 Å². The number of aromatic hydroxyl groups is 1. The largest absolute Gasteiger partial charge is 0.507 e. The van der Waals surface area contributed by atoms with Gasteiger partial charge in [-0.05, 0) is 23.8 Å². The maximum absolute atomic E-state index is 10.3. The van der Waals surface area contributed by atoms with Gasteiger partial charge in [0, 0.05) is 5.39 Å². The average molecular weight is 284 g/mol. The molecule has 114 valence electrons. The highest BCUT2D eigenvalue weighted by atomic mass is 16.3. The quantitative estimate of drug-likeness (QED) is 0.470. The molecule has 0 bridgehead atoms. The van der Waals surface area contributed by atoms with E-state index < -0.39 is 0 Å². The molecular weight excluding hydrogens is 256 g/mol. The van der Waals surface area contributed by atoms with Crippen molar-refractivity contribution in [2.45, 2.75) is 51.9 Å². The molecule has 1 heteroatoms. The van der Waals surface area contributed by atoms with E-state index in [4.69, 9.17) is 0 Å². The van der Waals surface area contributed by atoms with Crippen LogP contribution >= 0.6 is 0 Å². The van der Waals surface area contributed by atoms with E-state index >= 15 is 0 Å². The summed E-state index contributed by atoms with van der Waals surface area (Å²) in [7, 11) is 0. The topological polar surface area (TPSA) is 20.2 Å². The Bertz CT molecular complexity index is 530. The molecule has 0 aliphatic carbocycles. The Hall–Kier alpha value is -1.76. The molecule has 2 rings (SSSR count). The summed E-state index contributed by atoms with van der Waals surface area (Å²) in [6.45, 7) is 8.24. The molecule has 0 fully saturated rings. The molecule has 0 amide bonds. The molecule has 0 radical (unpaired) electrons. The van der Waals surface area contributed by atoms with Crippen molar-refractivity contribution in [2.75, 3.05) is 0 Å². The van der Waals surface area contributed by atoms with Crippen molar-refractivity contribution in [3.05, 3.63) is 55.1 Å². The van der Waals surface area contributed by atoms with Gasteiger partial charge in [0.1, 0.15) is 5.75 Å². The number of phenols is 1. The minimum atomic E-state index is 0.478. The van der Waals surface area contributed by atoms with Crippen LogP contribution in [0.25, 0.3) is 10.8 Å². The summed E-state index contributed by atoms with van der Waals surface area (Å²) >= 11 is 0. The van der Waals surface area contributed by atoms with Crippen LogP contribution in [0.2, 0.25) is 0 Å². The van der Waals surface area contributed by atoms with Gasteiger partial charge in [-0.25, -0.2) is 0 Å². The minimum Gasteiger partial charge on any atom is -0.507 e. The monoisotopic (exact) mass is 284 g/mol. The SMILES string of the molecule is C=C.CCCCCCCCc1ccc2ccccc2c1O. The number of benzene rings is 2. The molecular formula is C20H28O. The highest BCUT2D eigenvalue weighted by molar-refractivity contribution is 5.89. The summed E-state index contributed by atoms with van der Waals surface area (Å²) in [5.74, 6) is 0.478. The smallest absolute Gasteiger partial charge is 0.126 e. The molecule has 2 aromatic rings. The first-order valence-electron chi connectivity index (χ1n) is 8.02.